The summed E-state index contributed by atoms with van der Waals surface area (Å²) in [6.45, 7) is 3.98. The quantitative estimate of drug-likeness (QED) is 0.689. The molecule has 0 saturated heterocycles. The zero-order chi connectivity index (χ0) is 16.2. The van der Waals surface area contributed by atoms with Gasteiger partial charge in [-0.3, -0.25) is 0 Å². The van der Waals surface area contributed by atoms with E-state index in [1.165, 1.54) is 0 Å². The van der Waals surface area contributed by atoms with E-state index in [0.29, 0.717) is 16.8 Å². The minimum atomic E-state index is 0.550. The first-order chi connectivity index (χ1) is 11.1. The van der Waals surface area contributed by atoms with Gasteiger partial charge in [0.2, 0.25) is 5.95 Å². The number of anilines is 4. The highest BCUT2D eigenvalue weighted by Crippen LogP contribution is 2.25. The third kappa shape index (κ3) is 3.79. The highest BCUT2D eigenvalue weighted by molar-refractivity contribution is 6.33. The maximum atomic E-state index is 6.18. The molecule has 0 spiro atoms. The van der Waals surface area contributed by atoms with Crippen molar-refractivity contribution in [2.45, 2.75) is 13.8 Å². The van der Waals surface area contributed by atoms with Crippen LogP contribution < -0.4 is 10.6 Å². The molecule has 0 atom stereocenters. The molecule has 5 heteroatoms. The molecule has 3 aromatic rings. The molecule has 0 aliphatic rings. The highest BCUT2D eigenvalue weighted by atomic mass is 35.5. The molecule has 0 unspecified atom stereocenters. The van der Waals surface area contributed by atoms with Crippen LogP contribution in [0.2, 0.25) is 5.02 Å². The Morgan fingerprint density at radius 1 is 0.826 bits per heavy atom. The number of aromatic nitrogens is 2. The van der Waals surface area contributed by atoms with Gasteiger partial charge in [0.05, 0.1) is 10.7 Å². The average molecular weight is 325 g/mol. The minimum Gasteiger partial charge on any atom is -0.339 e. The molecule has 1 aromatic heterocycles. The van der Waals surface area contributed by atoms with Gasteiger partial charge in [0.15, 0.2) is 0 Å². The highest BCUT2D eigenvalue weighted by Gasteiger charge is 2.06. The molecule has 0 fully saturated rings. The van der Waals surface area contributed by atoms with Crippen LogP contribution in [0.5, 0.6) is 0 Å². The number of benzene rings is 2. The van der Waals surface area contributed by atoms with Crippen LogP contribution in [0.15, 0.2) is 54.6 Å². The van der Waals surface area contributed by atoms with E-state index in [4.69, 9.17) is 11.6 Å². The van der Waals surface area contributed by atoms with Crippen molar-refractivity contribution in [1.29, 1.82) is 0 Å². The normalized spacial score (nSPS) is 10.4. The molecule has 0 aliphatic heterocycles. The molecule has 4 nitrogen and oxygen atoms in total. The van der Waals surface area contributed by atoms with E-state index in [-0.39, 0.29) is 0 Å². The molecule has 0 aliphatic carbocycles. The Morgan fingerprint density at radius 2 is 1.52 bits per heavy atom. The second-order valence-corrected chi connectivity index (χ2v) is 5.67. The van der Waals surface area contributed by atoms with Gasteiger partial charge in [0, 0.05) is 17.4 Å². The minimum absolute atomic E-state index is 0.550. The number of hydrogen-bond donors (Lipinski definition) is 2. The van der Waals surface area contributed by atoms with Crippen LogP contribution in [0.3, 0.4) is 0 Å². The van der Waals surface area contributed by atoms with Crippen LogP contribution in [0.1, 0.15) is 11.3 Å². The number of halogens is 1. The molecular weight excluding hydrogens is 308 g/mol. The first kappa shape index (κ1) is 15.3. The Hall–Kier alpha value is -2.59. The predicted octanol–water partition coefficient (Wildman–Crippen LogP) is 5.23. The van der Waals surface area contributed by atoms with Crippen molar-refractivity contribution >= 4 is 34.7 Å². The van der Waals surface area contributed by atoms with Crippen LogP contribution in [-0.4, -0.2) is 9.97 Å². The summed E-state index contributed by atoms with van der Waals surface area (Å²) in [4.78, 5) is 8.95. The molecule has 3 rings (SSSR count). The number of rotatable bonds is 4. The molecule has 1 heterocycles. The summed E-state index contributed by atoms with van der Waals surface area (Å²) in [5.74, 6) is 1.25. The van der Waals surface area contributed by atoms with Crippen LogP contribution >= 0.6 is 11.6 Å². The predicted molar refractivity (Wildman–Crippen MR) is 96.0 cm³/mol. The fourth-order valence-electron chi connectivity index (χ4n) is 2.22. The molecule has 0 amide bonds. The van der Waals surface area contributed by atoms with Gasteiger partial charge in [-0.15, -0.1) is 0 Å². The second kappa shape index (κ2) is 6.67. The van der Waals surface area contributed by atoms with E-state index >= 15 is 0 Å². The number of para-hydroxylation sites is 2. The van der Waals surface area contributed by atoms with Crippen molar-refractivity contribution in [3.63, 3.8) is 0 Å². The first-order valence-electron chi connectivity index (χ1n) is 7.32. The van der Waals surface area contributed by atoms with Gasteiger partial charge < -0.3 is 10.6 Å². The Kier molecular flexibility index (Phi) is 4.44. The number of nitrogens with zero attached hydrogens (tertiary/aromatic N) is 2. The van der Waals surface area contributed by atoms with Gasteiger partial charge in [-0.2, -0.15) is 4.98 Å². The fraction of sp³-hybridized carbons (Fsp3) is 0.111. The molecule has 0 saturated carbocycles. The molecule has 0 radical (unpaired) electrons. The Bertz CT molecular complexity index is 767. The molecule has 116 valence electrons. The lowest BCUT2D eigenvalue weighted by Crippen LogP contribution is -2.03. The fourth-order valence-corrected chi connectivity index (χ4v) is 2.41. The van der Waals surface area contributed by atoms with Crippen LogP contribution in [0.25, 0.3) is 0 Å². The maximum Gasteiger partial charge on any atom is 0.229 e. The standard InChI is InChI=1S/C18H17ClN4/c1-12-7-3-5-9-15(12)22-18-20-13(2)11-17(23-18)21-16-10-6-4-8-14(16)19/h3-11H,1-2H3,(H2,20,21,22,23). The van der Waals surface area contributed by atoms with Crippen LogP contribution in [0, 0.1) is 13.8 Å². The van der Waals surface area contributed by atoms with Crippen molar-refractivity contribution in [2.24, 2.45) is 0 Å². The van der Waals surface area contributed by atoms with Crippen molar-refractivity contribution < 1.29 is 0 Å². The summed E-state index contributed by atoms with van der Waals surface area (Å²) < 4.78 is 0. The number of hydrogen-bond acceptors (Lipinski definition) is 4. The summed E-state index contributed by atoms with van der Waals surface area (Å²) in [6.07, 6.45) is 0. The summed E-state index contributed by atoms with van der Waals surface area (Å²) in [7, 11) is 0. The van der Waals surface area contributed by atoms with Gasteiger partial charge in [-0.25, -0.2) is 4.98 Å². The number of aryl methyl sites for hydroxylation is 2. The lowest BCUT2D eigenvalue weighted by atomic mass is 10.2. The summed E-state index contributed by atoms with van der Waals surface area (Å²) in [5.41, 5.74) is 3.81. The van der Waals surface area contributed by atoms with E-state index in [1.54, 1.807) is 0 Å². The molecule has 0 bridgehead atoms. The molecule has 23 heavy (non-hydrogen) atoms. The summed E-state index contributed by atoms with van der Waals surface area (Å²) >= 11 is 6.18. The SMILES string of the molecule is Cc1cc(Nc2ccccc2Cl)nc(Nc2ccccc2C)n1. The Balaban J connectivity index is 1.88. The third-order valence-electron chi connectivity index (χ3n) is 3.38. The summed E-state index contributed by atoms with van der Waals surface area (Å²) in [5, 5.41) is 7.14. The third-order valence-corrected chi connectivity index (χ3v) is 3.71. The van der Waals surface area contributed by atoms with Crippen molar-refractivity contribution in [2.75, 3.05) is 10.6 Å². The molecular formula is C18H17ClN4. The smallest absolute Gasteiger partial charge is 0.229 e. The zero-order valence-corrected chi connectivity index (χ0v) is 13.7. The van der Waals surface area contributed by atoms with Crippen molar-refractivity contribution in [1.82, 2.24) is 9.97 Å². The van der Waals surface area contributed by atoms with Gasteiger partial charge in [0.25, 0.3) is 0 Å². The lowest BCUT2D eigenvalue weighted by molar-refractivity contribution is 1.10. The Labute approximate surface area is 140 Å². The van der Waals surface area contributed by atoms with E-state index in [9.17, 15) is 0 Å². The topological polar surface area (TPSA) is 49.8 Å². The van der Waals surface area contributed by atoms with Gasteiger partial charge in [0.1, 0.15) is 5.82 Å². The van der Waals surface area contributed by atoms with Crippen LogP contribution in [0.4, 0.5) is 23.1 Å². The molecule has 2 N–H and O–H groups in total. The van der Waals surface area contributed by atoms with E-state index < -0.39 is 0 Å². The number of nitrogens with one attached hydrogen (secondary N) is 2. The molecule has 2 aromatic carbocycles. The Morgan fingerprint density at radius 3 is 2.26 bits per heavy atom. The first-order valence-corrected chi connectivity index (χ1v) is 7.69. The zero-order valence-electron chi connectivity index (χ0n) is 13.0. The van der Waals surface area contributed by atoms with E-state index in [2.05, 4.69) is 20.6 Å². The van der Waals surface area contributed by atoms with E-state index in [0.717, 1.165) is 22.6 Å². The van der Waals surface area contributed by atoms with Gasteiger partial charge in [-0.05, 0) is 37.6 Å². The second-order valence-electron chi connectivity index (χ2n) is 5.26. The lowest BCUT2D eigenvalue weighted by Gasteiger charge is -2.12. The van der Waals surface area contributed by atoms with Crippen molar-refractivity contribution in [3.8, 4) is 0 Å². The van der Waals surface area contributed by atoms with Gasteiger partial charge in [-0.1, -0.05) is 41.9 Å². The van der Waals surface area contributed by atoms with E-state index in [1.807, 2.05) is 68.4 Å². The monoisotopic (exact) mass is 324 g/mol. The van der Waals surface area contributed by atoms with Crippen molar-refractivity contribution in [3.05, 3.63) is 70.9 Å². The van der Waals surface area contributed by atoms with Crippen LogP contribution in [-0.2, 0) is 0 Å². The average Bonchev–Trinajstić information content (AvgIpc) is 2.51. The van der Waals surface area contributed by atoms with Gasteiger partial charge >= 0.3 is 0 Å². The maximum absolute atomic E-state index is 6.18. The summed E-state index contributed by atoms with van der Waals surface area (Å²) in [6, 6.07) is 17.5. The largest absolute Gasteiger partial charge is 0.339 e.